The summed E-state index contributed by atoms with van der Waals surface area (Å²) in [7, 11) is 0. The number of rotatable bonds is 9. The first-order chi connectivity index (χ1) is 20.3. The number of nitrogens with zero attached hydrogens (tertiary/aromatic N) is 1. The Labute approximate surface area is 249 Å². The predicted molar refractivity (Wildman–Crippen MR) is 158 cm³/mol. The summed E-state index contributed by atoms with van der Waals surface area (Å²) in [6, 6.07) is 26.6. The molecule has 4 aromatic carbocycles. The van der Waals surface area contributed by atoms with E-state index in [0.717, 1.165) is 16.0 Å². The minimum absolute atomic E-state index is 0.184. The van der Waals surface area contributed by atoms with Crippen molar-refractivity contribution in [3.8, 4) is 11.5 Å². The highest BCUT2D eigenvalue weighted by molar-refractivity contribution is 9.10. The average Bonchev–Trinajstić information content (AvgIpc) is 2.99. The summed E-state index contributed by atoms with van der Waals surface area (Å²) < 4.78 is 12.2. The van der Waals surface area contributed by atoms with Crippen molar-refractivity contribution in [3.05, 3.63) is 129 Å². The molecule has 1 aliphatic rings. The van der Waals surface area contributed by atoms with Gasteiger partial charge in [0, 0.05) is 0 Å². The van der Waals surface area contributed by atoms with Crippen molar-refractivity contribution < 1.29 is 33.8 Å². The maximum absolute atomic E-state index is 13.3. The normalized spacial score (nSPS) is 14.1. The van der Waals surface area contributed by atoms with Crippen molar-refractivity contribution in [2.45, 2.75) is 13.2 Å². The molecule has 4 amide bonds. The van der Waals surface area contributed by atoms with E-state index in [1.165, 1.54) is 18.2 Å². The number of aromatic carboxylic acids is 1. The Kier molecular flexibility index (Phi) is 8.44. The number of amides is 4. The number of anilines is 1. The summed E-state index contributed by atoms with van der Waals surface area (Å²) in [5.41, 5.74) is 2.56. The number of carboxylic acid groups (broad SMARTS) is 1. The molecule has 4 aromatic rings. The number of imide groups is 2. The fourth-order valence-corrected chi connectivity index (χ4v) is 4.63. The summed E-state index contributed by atoms with van der Waals surface area (Å²) in [5, 5.41) is 11.3. The standard InChI is InChI=1S/C32H23BrN2O7/c33-27-17-22(8-15-28(27)42-19-21-6-9-23(10-7-21)31(38)39)16-26-29(36)34-32(40)35(30(26)37)24-11-13-25(14-12-24)41-18-20-4-2-1-3-5-20/h1-17H,18-19H2,(H,38,39)(H,34,36,40)/b26-16+. The van der Waals surface area contributed by atoms with Gasteiger partial charge in [0.1, 0.15) is 30.3 Å². The molecule has 5 rings (SSSR count). The van der Waals surface area contributed by atoms with Crippen LogP contribution in [0.15, 0.2) is 107 Å². The van der Waals surface area contributed by atoms with E-state index in [4.69, 9.17) is 14.6 Å². The molecule has 10 heteroatoms. The second-order valence-electron chi connectivity index (χ2n) is 9.21. The van der Waals surface area contributed by atoms with Crippen molar-refractivity contribution in [1.29, 1.82) is 0 Å². The zero-order valence-corrected chi connectivity index (χ0v) is 23.5. The van der Waals surface area contributed by atoms with Crippen LogP contribution in [0, 0.1) is 0 Å². The number of benzene rings is 4. The van der Waals surface area contributed by atoms with Gasteiger partial charge in [-0.1, -0.05) is 48.5 Å². The van der Waals surface area contributed by atoms with Gasteiger partial charge in [-0.15, -0.1) is 0 Å². The van der Waals surface area contributed by atoms with Crippen LogP contribution in [-0.4, -0.2) is 28.9 Å². The lowest BCUT2D eigenvalue weighted by molar-refractivity contribution is -0.122. The summed E-state index contributed by atoms with van der Waals surface area (Å²) in [5.74, 6) is -1.50. The summed E-state index contributed by atoms with van der Waals surface area (Å²) in [6.07, 6.45) is 1.40. The van der Waals surface area contributed by atoms with Gasteiger partial charge < -0.3 is 14.6 Å². The monoisotopic (exact) mass is 626 g/mol. The molecule has 1 fully saturated rings. The van der Waals surface area contributed by atoms with E-state index in [9.17, 15) is 19.2 Å². The number of hydrogen-bond acceptors (Lipinski definition) is 6. The molecule has 210 valence electrons. The third-order valence-corrected chi connectivity index (χ3v) is 6.93. The largest absolute Gasteiger partial charge is 0.489 e. The molecule has 0 aromatic heterocycles. The number of halogens is 1. The number of carbonyl (C=O) groups excluding carboxylic acids is 3. The van der Waals surface area contributed by atoms with Crippen LogP contribution in [0.1, 0.15) is 27.0 Å². The van der Waals surface area contributed by atoms with Gasteiger partial charge in [-0.25, -0.2) is 14.5 Å². The Morgan fingerprint density at radius 2 is 1.50 bits per heavy atom. The van der Waals surface area contributed by atoms with Gasteiger partial charge in [0.2, 0.25) is 0 Å². The Bertz CT molecular complexity index is 1680. The highest BCUT2D eigenvalue weighted by atomic mass is 79.9. The van der Waals surface area contributed by atoms with Crippen LogP contribution in [0.5, 0.6) is 11.5 Å². The zero-order chi connectivity index (χ0) is 29.6. The maximum atomic E-state index is 13.3. The highest BCUT2D eigenvalue weighted by Gasteiger charge is 2.36. The van der Waals surface area contributed by atoms with E-state index >= 15 is 0 Å². The molecule has 1 aliphatic heterocycles. The number of ether oxygens (including phenoxy) is 2. The van der Waals surface area contributed by atoms with Gasteiger partial charge in [0.05, 0.1) is 15.7 Å². The minimum Gasteiger partial charge on any atom is -0.489 e. The van der Waals surface area contributed by atoms with Gasteiger partial charge in [-0.05, 0) is 87.2 Å². The molecule has 0 radical (unpaired) electrons. The first-order valence-electron chi connectivity index (χ1n) is 12.7. The van der Waals surface area contributed by atoms with Crippen LogP contribution in [0.2, 0.25) is 0 Å². The molecular formula is C32H23BrN2O7. The van der Waals surface area contributed by atoms with Crippen LogP contribution < -0.4 is 19.7 Å². The predicted octanol–water partition coefficient (Wildman–Crippen LogP) is 5.97. The fraction of sp³-hybridized carbons (Fsp3) is 0.0625. The van der Waals surface area contributed by atoms with Crippen LogP contribution in [0.4, 0.5) is 10.5 Å². The van der Waals surface area contributed by atoms with E-state index in [1.807, 2.05) is 30.3 Å². The van der Waals surface area contributed by atoms with E-state index < -0.39 is 23.8 Å². The Morgan fingerprint density at radius 3 is 2.17 bits per heavy atom. The number of carbonyl (C=O) groups is 4. The van der Waals surface area contributed by atoms with Crippen LogP contribution in [-0.2, 0) is 22.8 Å². The lowest BCUT2D eigenvalue weighted by Gasteiger charge is -2.26. The number of carboxylic acids is 1. The van der Waals surface area contributed by atoms with Gasteiger partial charge in [-0.3, -0.25) is 14.9 Å². The molecule has 2 N–H and O–H groups in total. The minimum atomic E-state index is -1.01. The van der Waals surface area contributed by atoms with E-state index in [1.54, 1.807) is 54.6 Å². The molecule has 0 bridgehead atoms. The molecular weight excluding hydrogens is 604 g/mol. The second-order valence-corrected chi connectivity index (χ2v) is 10.1. The molecule has 1 saturated heterocycles. The summed E-state index contributed by atoms with van der Waals surface area (Å²) in [4.78, 5) is 50.4. The number of urea groups is 1. The van der Waals surface area contributed by atoms with E-state index in [0.29, 0.717) is 28.1 Å². The van der Waals surface area contributed by atoms with E-state index in [-0.39, 0.29) is 23.4 Å². The lowest BCUT2D eigenvalue weighted by atomic mass is 10.1. The lowest BCUT2D eigenvalue weighted by Crippen LogP contribution is -2.54. The van der Waals surface area contributed by atoms with E-state index in [2.05, 4.69) is 21.2 Å². The fourth-order valence-electron chi connectivity index (χ4n) is 4.12. The van der Waals surface area contributed by atoms with Crippen LogP contribution in [0.3, 0.4) is 0 Å². The van der Waals surface area contributed by atoms with Crippen molar-refractivity contribution in [2.75, 3.05) is 4.90 Å². The molecule has 0 spiro atoms. The number of hydrogen-bond donors (Lipinski definition) is 2. The number of nitrogens with one attached hydrogen (secondary N) is 1. The average molecular weight is 627 g/mol. The SMILES string of the molecule is O=C1NC(=O)N(c2ccc(OCc3ccccc3)cc2)C(=O)/C1=C/c1ccc(OCc2ccc(C(=O)O)cc2)c(Br)c1. The van der Waals surface area contributed by atoms with Crippen molar-refractivity contribution >= 4 is 51.5 Å². The molecule has 0 aliphatic carbocycles. The van der Waals surface area contributed by atoms with Gasteiger partial charge >= 0.3 is 12.0 Å². The number of barbiturate groups is 1. The smallest absolute Gasteiger partial charge is 0.335 e. The van der Waals surface area contributed by atoms with Gasteiger partial charge in [-0.2, -0.15) is 0 Å². The highest BCUT2D eigenvalue weighted by Crippen LogP contribution is 2.29. The molecule has 1 heterocycles. The molecule has 0 atom stereocenters. The van der Waals surface area contributed by atoms with Crippen molar-refractivity contribution in [1.82, 2.24) is 5.32 Å². The third-order valence-electron chi connectivity index (χ3n) is 6.31. The Balaban J connectivity index is 1.27. The first kappa shape index (κ1) is 28.3. The van der Waals surface area contributed by atoms with Crippen molar-refractivity contribution in [3.63, 3.8) is 0 Å². The van der Waals surface area contributed by atoms with Crippen LogP contribution >= 0.6 is 15.9 Å². The maximum Gasteiger partial charge on any atom is 0.335 e. The van der Waals surface area contributed by atoms with Crippen molar-refractivity contribution in [2.24, 2.45) is 0 Å². The Hall–Kier alpha value is -5.22. The quantitative estimate of drug-likeness (QED) is 0.173. The first-order valence-corrected chi connectivity index (χ1v) is 13.5. The second kappa shape index (κ2) is 12.5. The Morgan fingerprint density at radius 1 is 0.833 bits per heavy atom. The molecule has 9 nitrogen and oxygen atoms in total. The summed E-state index contributed by atoms with van der Waals surface area (Å²) in [6.45, 7) is 0.566. The van der Waals surface area contributed by atoms with Gasteiger partial charge in [0.25, 0.3) is 11.8 Å². The molecule has 42 heavy (non-hydrogen) atoms. The zero-order valence-electron chi connectivity index (χ0n) is 22.0. The van der Waals surface area contributed by atoms with Crippen LogP contribution in [0.25, 0.3) is 6.08 Å². The van der Waals surface area contributed by atoms with Gasteiger partial charge in [0.15, 0.2) is 0 Å². The third kappa shape index (κ3) is 6.56. The topological polar surface area (TPSA) is 122 Å². The molecule has 0 saturated carbocycles. The summed E-state index contributed by atoms with van der Waals surface area (Å²) >= 11 is 3.45. The molecule has 0 unspecified atom stereocenters.